The van der Waals surface area contributed by atoms with Gasteiger partial charge >= 0.3 is 0 Å². The van der Waals surface area contributed by atoms with Crippen LogP contribution in [0.25, 0.3) is 10.8 Å². The second-order valence-electron chi connectivity index (χ2n) is 5.46. The highest BCUT2D eigenvalue weighted by atomic mass is 19.2. The van der Waals surface area contributed by atoms with Gasteiger partial charge in [0.25, 0.3) is 0 Å². The zero-order chi connectivity index (χ0) is 14.8. The molecule has 0 aliphatic heterocycles. The zero-order valence-corrected chi connectivity index (χ0v) is 11.8. The molecule has 0 aliphatic carbocycles. The SMILES string of the molecule is CC(Cc1ccc2ccccc2c1)c1ccc(F)c(F)c1. The van der Waals surface area contributed by atoms with Crippen LogP contribution in [0.5, 0.6) is 0 Å². The van der Waals surface area contributed by atoms with Gasteiger partial charge in [-0.2, -0.15) is 0 Å². The van der Waals surface area contributed by atoms with Gasteiger partial charge in [-0.25, -0.2) is 8.78 Å². The Kier molecular flexibility index (Phi) is 3.70. The lowest BCUT2D eigenvalue weighted by molar-refractivity contribution is 0.505. The molecule has 0 fully saturated rings. The molecule has 0 saturated carbocycles. The first kappa shape index (κ1) is 13.7. The number of benzene rings is 3. The van der Waals surface area contributed by atoms with Crippen LogP contribution in [-0.2, 0) is 6.42 Å². The van der Waals surface area contributed by atoms with Gasteiger partial charge in [-0.3, -0.25) is 0 Å². The number of hydrogen-bond donors (Lipinski definition) is 0. The van der Waals surface area contributed by atoms with E-state index < -0.39 is 11.6 Å². The minimum atomic E-state index is -0.795. The average Bonchev–Trinajstić information content (AvgIpc) is 2.50. The predicted octanol–water partition coefficient (Wildman–Crippen LogP) is 5.46. The Morgan fingerprint density at radius 2 is 1.57 bits per heavy atom. The summed E-state index contributed by atoms with van der Waals surface area (Å²) in [6.45, 7) is 2.03. The number of halogens is 2. The molecule has 0 N–H and O–H groups in total. The van der Waals surface area contributed by atoms with E-state index in [1.807, 2.05) is 19.1 Å². The van der Waals surface area contributed by atoms with Gasteiger partial charge in [0, 0.05) is 0 Å². The van der Waals surface area contributed by atoms with Gasteiger partial charge in [-0.05, 0) is 46.4 Å². The van der Waals surface area contributed by atoms with E-state index >= 15 is 0 Å². The average molecular weight is 282 g/mol. The van der Waals surface area contributed by atoms with E-state index in [0.29, 0.717) is 0 Å². The molecule has 1 atom stereocenters. The van der Waals surface area contributed by atoms with Gasteiger partial charge in [0.1, 0.15) is 0 Å². The highest BCUT2D eigenvalue weighted by Crippen LogP contribution is 2.24. The van der Waals surface area contributed by atoms with Crippen molar-refractivity contribution in [2.45, 2.75) is 19.3 Å². The quantitative estimate of drug-likeness (QED) is 0.598. The van der Waals surface area contributed by atoms with Crippen molar-refractivity contribution in [3.05, 3.63) is 83.4 Å². The Labute approximate surface area is 123 Å². The van der Waals surface area contributed by atoms with Gasteiger partial charge in [0.15, 0.2) is 11.6 Å². The maximum Gasteiger partial charge on any atom is 0.159 e. The van der Waals surface area contributed by atoms with Crippen molar-refractivity contribution in [1.82, 2.24) is 0 Å². The van der Waals surface area contributed by atoms with Gasteiger partial charge in [0.05, 0.1) is 0 Å². The molecule has 0 radical (unpaired) electrons. The van der Waals surface area contributed by atoms with Crippen molar-refractivity contribution in [3.63, 3.8) is 0 Å². The van der Waals surface area contributed by atoms with E-state index in [-0.39, 0.29) is 5.92 Å². The van der Waals surface area contributed by atoms with Crippen LogP contribution in [0.2, 0.25) is 0 Å². The lowest BCUT2D eigenvalue weighted by atomic mass is 9.92. The molecule has 0 amide bonds. The summed E-state index contributed by atoms with van der Waals surface area (Å²) in [6, 6.07) is 18.7. The molecule has 0 bridgehead atoms. The Hall–Kier alpha value is -2.22. The number of hydrogen-bond acceptors (Lipinski definition) is 0. The third-order valence-corrected chi connectivity index (χ3v) is 3.87. The maximum atomic E-state index is 13.3. The maximum absolute atomic E-state index is 13.3. The minimum Gasteiger partial charge on any atom is -0.204 e. The molecule has 0 aromatic heterocycles. The molecule has 3 aromatic rings. The Balaban J connectivity index is 1.85. The fraction of sp³-hybridized carbons (Fsp3) is 0.158. The molecule has 0 heterocycles. The van der Waals surface area contributed by atoms with Gasteiger partial charge in [0.2, 0.25) is 0 Å². The van der Waals surface area contributed by atoms with Crippen molar-refractivity contribution < 1.29 is 8.78 Å². The highest BCUT2D eigenvalue weighted by molar-refractivity contribution is 5.83. The fourth-order valence-corrected chi connectivity index (χ4v) is 2.66. The molecule has 0 saturated heterocycles. The standard InChI is InChI=1S/C19H16F2/c1-13(16-8-9-18(20)19(21)12-16)10-14-6-7-15-4-2-3-5-17(15)11-14/h2-9,11-13H,10H2,1H3. The molecular formula is C19H16F2. The zero-order valence-electron chi connectivity index (χ0n) is 11.8. The van der Waals surface area contributed by atoms with Gasteiger partial charge < -0.3 is 0 Å². The molecule has 3 rings (SSSR count). The first-order chi connectivity index (χ1) is 10.1. The van der Waals surface area contributed by atoms with Crippen LogP contribution in [0.3, 0.4) is 0 Å². The van der Waals surface area contributed by atoms with Gasteiger partial charge in [-0.1, -0.05) is 55.5 Å². The Bertz CT molecular complexity index is 777. The number of rotatable bonds is 3. The van der Waals surface area contributed by atoms with Crippen molar-refractivity contribution in [2.75, 3.05) is 0 Å². The normalized spacial score (nSPS) is 12.5. The van der Waals surface area contributed by atoms with Crippen molar-refractivity contribution in [2.24, 2.45) is 0 Å². The third-order valence-electron chi connectivity index (χ3n) is 3.87. The van der Waals surface area contributed by atoms with Crippen LogP contribution >= 0.6 is 0 Å². The minimum absolute atomic E-state index is 0.140. The topological polar surface area (TPSA) is 0 Å². The fourth-order valence-electron chi connectivity index (χ4n) is 2.66. The van der Waals surface area contributed by atoms with Crippen LogP contribution in [0.15, 0.2) is 60.7 Å². The number of fused-ring (bicyclic) bond motifs is 1. The van der Waals surface area contributed by atoms with E-state index in [9.17, 15) is 8.78 Å². The van der Waals surface area contributed by atoms with E-state index in [0.717, 1.165) is 12.0 Å². The first-order valence-corrected chi connectivity index (χ1v) is 7.06. The summed E-state index contributed by atoms with van der Waals surface area (Å²) in [5.41, 5.74) is 2.02. The highest BCUT2D eigenvalue weighted by Gasteiger charge is 2.10. The second-order valence-corrected chi connectivity index (χ2v) is 5.46. The van der Waals surface area contributed by atoms with Crippen LogP contribution in [0.1, 0.15) is 24.0 Å². The van der Waals surface area contributed by atoms with Crippen LogP contribution in [0.4, 0.5) is 8.78 Å². The summed E-state index contributed by atoms with van der Waals surface area (Å²) in [5, 5.41) is 2.41. The molecule has 0 nitrogen and oxygen atoms in total. The molecule has 0 spiro atoms. The summed E-state index contributed by atoms with van der Waals surface area (Å²) in [4.78, 5) is 0. The monoisotopic (exact) mass is 282 g/mol. The first-order valence-electron chi connectivity index (χ1n) is 7.06. The molecule has 2 heteroatoms. The molecule has 3 aromatic carbocycles. The molecule has 21 heavy (non-hydrogen) atoms. The second kappa shape index (κ2) is 5.65. The lowest BCUT2D eigenvalue weighted by Crippen LogP contribution is -2.00. The summed E-state index contributed by atoms with van der Waals surface area (Å²) in [7, 11) is 0. The van der Waals surface area contributed by atoms with E-state index in [2.05, 4.69) is 30.3 Å². The summed E-state index contributed by atoms with van der Waals surface area (Å²) in [6.07, 6.45) is 0.801. The van der Waals surface area contributed by atoms with Crippen LogP contribution < -0.4 is 0 Å². The molecule has 106 valence electrons. The van der Waals surface area contributed by atoms with Crippen LogP contribution in [0, 0.1) is 11.6 Å². The van der Waals surface area contributed by atoms with E-state index in [4.69, 9.17) is 0 Å². The van der Waals surface area contributed by atoms with E-state index in [1.54, 1.807) is 6.07 Å². The summed E-state index contributed by atoms with van der Waals surface area (Å²) < 4.78 is 26.3. The lowest BCUT2D eigenvalue weighted by Gasteiger charge is -2.13. The smallest absolute Gasteiger partial charge is 0.159 e. The third kappa shape index (κ3) is 2.94. The van der Waals surface area contributed by atoms with Crippen LogP contribution in [-0.4, -0.2) is 0 Å². The largest absolute Gasteiger partial charge is 0.204 e. The van der Waals surface area contributed by atoms with Crippen molar-refractivity contribution in [3.8, 4) is 0 Å². The Morgan fingerprint density at radius 3 is 2.33 bits per heavy atom. The predicted molar refractivity (Wildman–Crippen MR) is 82.4 cm³/mol. The summed E-state index contributed by atoms with van der Waals surface area (Å²) in [5.74, 6) is -1.43. The molecule has 1 unspecified atom stereocenters. The molecular weight excluding hydrogens is 266 g/mol. The van der Waals surface area contributed by atoms with Gasteiger partial charge in [-0.15, -0.1) is 0 Å². The van der Waals surface area contributed by atoms with E-state index in [1.165, 1.54) is 28.5 Å². The molecule has 0 aliphatic rings. The van der Waals surface area contributed by atoms with Crippen molar-refractivity contribution in [1.29, 1.82) is 0 Å². The summed E-state index contributed by atoms with van der Waals surface area (Å²) >= 11 is 0. The van der Waals surface area contributed by atoms with Crippen molar-refractivity contribution >= 4 is 10.8 Å². The Morgan fingerprint density at radius 1 is 0.810 bits per heavy atom.